The number of piperidine rings is 1. The predicted molar refractivity (Wildman–Crippen MR) is 175 cm³/mol. The van der Waals surface area contributed by atoms with Crippen molar-refractivity contribution in [2.45, 2.75) is 39.0 Å². The number of benzene rings is 2. The lowest BCUT2D eigenvalue weighted by atomic mass is 9.93. The molecule has 1 aliphatic carbocycles. The average Bonchev–Trinajstić information content (AvgIpc) is 3.41. The number of ether oxygens (including phenoxy) is 2. The summed E-state index contributed by atoms with van der Waals surface area (Å²) >= 11 is 0. The van der Waals surface area contributed by atoms with Crippen LogP contribution in [-0.2, 0) is 16.9 Å². The number of ketones is 1. The van der Waals surface area contributed by atoms with E-state index in [0.29, 0.717) is 47.0 Å². The SMILES string of the molecule is CC(=O)c1cc(C(=O)N2C[C@@H]3C(Oc4cc(C(C)(C)NC(=O)OCc5ccccc5)cc(-c5ccc(F)cc5)n4)[C@@H]3C2)cn2ccnc12. The van der Waals surface area contributed by atoms with E-state index in [4.69, 9.17) is 14.5 Å². The Morgan fingerprint density at radius 3 is 2.44 bits per heavy atom. The number of carbonyl (C=O) groups excluding carboxylic acids is 3. The molecular formula is C37H34FN5O5. The van der Waals surface area contributed by atoms with Crippen LogP contribution in [-0.4, -0.2) is 56.2 Å². The summed E-state index contributed by atoms with van der Waals surface area (Å²) in [6, 6.07) is 20.7. The number of halogens is 1. The summed E-state index contributed by atoms with van der Waals surface area (Å²) in [6.45, 7) is 6.34. The standard InChI is InChI=1S/C37H34FN5O5/c1-22(44)28-15-25(18-42-14-13-39-34(28)42)35(45)43-19-29-30(20-43)33(29)48-32-17-26(16-31(40-32)24-9-11-27(38)12-10-24)37(2,3)41-36(46)47-21-23-7-5-4-6-8-23/h4-18,29-30,33H,19-21H2,1-3H3,(H,41,46)/t29-,30+,33?. The number of aromatic nitrogens is 3. The minimum atomic E-state index is -0.874. The summed E-state index contributed by atoms with van der Waals surface area (Å²) in [7, 11) is 0. The summed E-state index contributed by atoms with van der Waals surface area (Å²) in [6.07, 6.45) is 4.30. The molecule has 2 aromatic carbocycles. The number of hydrogen-bond donors (Lipinski definition) is 1. The molecule has 0 spiro atoms. The van der Waals surface area contributed by atoms with Crippen LogP contribution < -0.4 is 10.1 Å². The average molecular weight is 648 g/mol. The van der Waals surface area contributed by atoms with Crippen LogP contribution in [0.2, 0.25) is 0 Å². The number of amides is 2. The van der Waals surface area contributed by atoms with E-state index in [1.807, 2.05) is 50.2 Å². The quantitative estimate of drug-likeness (QED) is 0.194. The molecule has 2 aliphatic rings. The predicted octanol–water partition coefficient (Wildman–Crippen LogP) is 6.05. The molecule has 2 amide bonds. The summed E-state index contributed by atoms with van der Waals surface area (Å²) in [5, 5.41) is 2.95. The van der Waals surface area contributed by atoms with Gasteiger partial charge in [-0.2, -0.15) is 0 Å². The Hall–Kier alpha value is -5.58. The van der Waals surface area contributed by atoms with Crippen LogP contribution in [0.15, 0.2) is 91.4 Å². The third-order valence-electron chi connectivity index (χ3n) is 9.06. The van der Waals surface area contributed by atoms with Crippen molar-refractivity contribution in [3.05, 3.63) is 119 Å². The minimum Gasteiger partial charge on any atom is -0.474 e. The number of nitrogens with one attached hydrogen (secondary N) is 1. The van der Waals surface area contributed by atoms with Gasteiger partial charge < -0.3 is 24.1 Å². The topological polar surface area (TPSA) is 115 Å². The summed E-state index contributed by atoms with van der Waals surface area (Å²) in [4.78, 5) is 49.3. The second-order valence-electron chi connectivity index (χ2n) is 12.9. The molecule has 7 rings (SSSR count). The molecule has 1 N–H and O–H groups in total. The van der Waals surface area contributed by atoms with Crippen molar-refractivity contribution in [1.82, 2.24) is 24.6 Å². The Labute approximate surface area is 276 Å². The normalized spacial score (nSPS) is 18.3. The second-order valence-corrected chi connectivity index (χ2v) is 12.9. The second kappa shape index (κ2) is 12.2. The zero-order chi connectivity index (χ0) is 33.6. The van der Waals surface area contributed by atoms with Gasteiger partial charge in [-0.25, -0.2) is 19.2 Å². The van der Waals surface area contributed by atoms with Crippen molar-refractivity contribution in [2.75, 3.05) is 13.1 Å². The first kappa shape index (κ1) is 31.0. The lowest BCUT2D eigenvalue weighted by Gasteiger charge is -2.27. The molecule has 10 nitrogen and oxygen atoms in total. The molecule has 48 heavy (non-hydrogen) atoms. The maximum atomic E-state index is 13.8. The van der Waals surface area contributed by atoms with Gasteiger partial charge >= 0.3 is 6.09 Å². The van der Waals surface area contributed by atoms with Crippen molar-refractivity contribution < 1.29 is 28.2 Å². The highest BCUT2D eigenvalue weighted by Gasteiger charge is 2.59. The highest BCUT2D eigenvalue weighted by atomic mass is 19.1. The summed E-state index contributed by atoms with van der Waals surface area (Å²) in [5.41, 5.74) is 3.34. The maximum Gasteiger partial charge on any atom is 0.408 e. The van der Waals surface area contributed by atoms with Gasteiger partial charge in [-0.15, -0.1) is 0 Å². The fraction of sp³-hybridized carbons (Fsp3) is 0.270. The highest BCUT2D eigenvalue weighted by Crippen LogP contribution is 2.48. The largest absolute Gasteiger partial charge is 0.474 e. The Bertz CT molecular complexity index is 2020. The minimum absolute atomic E-state index is 0.122. The first-order valence-electron chi connectivity index (χ1n) is 15.8. The van der Waals surface area contributed by atoms with Crippen LogP contribution >= 0.6 is 0 Å². The Balaban J connectivity index is 1.07. The van der Waals surface area contributed by atoms with Crippen LogP contribution in [0, 0.1) is 17.7 Å². The molecule has 1 saturated heterocycles. The van der Waals surface area contributed by atoms with Gasteiger partial charge in [0.25, 0.3) is 5.91 Å². The zero-order valence-corrected chi connectivity index (χ0v) is 26.7. The van der Waals surface area contributed by atoms with Crippen molar-refractivity contribution in [1.29, 1.82) is 0 Å². The molecule has 4 heterocycles. The van der Waals surface area contributed by atoms with E-state index in [9.17, 15) is 18.8 Å². The van der Waals surface area contributed by atoms with Gasteiger partial charge in [0, 0.05) is 55.1 Å². The fourth-order valence-corrected chi connectivity index (χ4v) is 6.33. The molecule has 3 aromatic heterocycles. The number of alkyl carbamates (subject to hydrolysis) is 1. The first-order chi connectivity index (χ1) is 23.1. The summed E-state index contributed by atoms with van der Waals surface area (Å²) in [5.74, 6) is -0.0511. The van der Waals surface area contributed by atoms with Gasteiger partial charge in [-0.3, -0.25) is 9.59 Å². The monoisotopic (exact) mass is 647 g/mol. The number of Topliss-reactive ketones (excluding diaryl/α,β-unsaturated/α-hetero) is 1. The van der Waals surface area contributed by atoms with E-state index >= 15 is 0 Å². The zero-order valence-electron chi connectivity index (χ0n) is 26.7. The van der Waals surface area contributed by atoms with Crippen LogP contribution in [0.1, 0.15) is 52.6 Å². The molecule has 244 valence electrons. The number of likely N-dealkylation sites (tertiary alicyclic amines) is 1. The molecule has 1 aliphatic heterocycles. The van der Waals surface area contributed by atoms with Gasteiger partial charge in [-0.1, -0.05) is 30.3 Å². The van der Waals surface area contributed by atoms with Gasteiger partial charge in [0.15, 0.2) is 5.78 Å². The third-order valence-corrected chi connectivity index (χ3v) is 9.06. The number of carbonyl (C=O) groups is 3. The fourth-order valence-electron chi connectivity index (χ4n) is 6.33. The van der Waals surface area contributed by atoms with E-state index in [2.05, 4.69) is 10.3 Å². The number of hydrogen-bond acceptors (Lipinski definition) is 7. The third kappa shape index (κ3) is 6.23. The van der Waals surface area contributed by atoms with Crippen molar-refractivity contribution >= 4 is 23.4 Å². The molecule has 0 bridgehead atoms. The Morgan fingerprint density at radius 2 is 1.73 bits per heavy atom. The van der Waals surface area contributed by atoms with Crippen molar-refractivity contribution in [3.63, 3.8) is 0 Å². The molecule has 2 fully saturated rings. The molecular weight excluding hydrogens is 613 g/mol. The number of fused-ring (bicyclic) bond motifs is 2. The molecule has 3 atom stereocenters. The number of pyridine rings is 2. The molecule has 5 aromatic rings. The van der Waals surface area contributed by atoms with E-state index in [0.717, 1.165) is 11.1 Å². The highest BCUT2D eigenvalue weighted by molar-refractivity contribution is 6.03. The van der Waals surface area contributed by atoms with E-state index < -0.39 is 11.6 Å². The number of imidazole rings is 1. The van der Waals surface area contributed by atoms with Gasteiger partial charge in [0.05, 0.1) is 22.4 Å². The molecule has 0 radical (unpaired) electrons. The van der Waals surface area contributed by atoms with Crippen LogP contribution in [0.5, 0.6) is 5.88 Å². The molecule has 1 unspecified atom stereocenters. The lowest BCUT2D eigenvalue weighted by molar-refractivity contribution is 0.0750. The van der Waals surface area contributed by atoms with Gasteiger partial charge in [0.2, 0.25) is 5.88 Å². The van der Waals surface area contributed by atoms with Crippen LogP contribution in [0.4, 0.5) is 9.18 Å². The van der Waals surface area contributed by atoms with E-state index in [1.165, 1.54) is 19.1 Å². The van der Waals surface area contributed by atoms with Crippen LogP contribution in [0.3, 0.4) is 0 Å². The Kier molecular flexibility index (Phi) is 7.90. The van der Waals surface area contributed by atoms with Crippen molar-refractivity contribution in [3.8, 4) is 17.1 Å². The summed E-state index contributed by atoms with van der Waals surface area (Å²) < 4.78 is 27.4. The van der Waals surface area contributed by atoms with Crippen LogP contribution in [0.25, 0.3) is 16.9 Å². The molecule has 1 saturated carbocycles. The lowest BCUT2D eigenvalue weighted by Crippen LogP contribution is -2.41. The van der Waals surface area contributed by atoms with Gasteiger partial charge in [-0.05, 0) is 68.3 Å². The molecule has 11 heteroatoms. The Morgan fingerprint density at radius 1 is 1.00 bits per heavy atom. The van der Waals surface area contributed by atoms with Gasteiger partial charge in [0.1, 0.15) is 24.2 Å². The first-order valence-corrected chi connectivity index (χ1v) is 15.8. The van der Waals surface area contributed by atoms with Crippen molar-refractivity contribution in [2.24, 2.45) is 11.8 Å². The maximum absolute atomic E-state index is 13.8. The number of nitrogens with zero attached hydrogens (tertiary/aromatic N) is 4. The smallest absolute Gasteiger partial charge is 0.408 e. The number of rotatable bonds is 9. The van der Waals surface area contributed by atoms with E-state index in [-0.39, 0.29) is 42.1 Å². The van der Waals surface area contributed by atoms with E-state index in [1.54, 1.807) is 52.2 Å².